The van der Waals surface area contributed by atoms with Crippen molar-refractivity contribution >= 4 is 23.1 Å². The average Bonchev–Trinajstić information content (AvgIpc) is 3.64. The van der Waals surface area contributed by atoms with Crippen molar-refractivity contribution in [3.63, 3.8) is 0 Å². The number of carbonyl (C=O) groups excluding carboxylic acids is 1. The van der Waals surface area contributed by atoms with Crippen LogP contribution in [0.15, 0.2) is 52.3 Å². The van der Waals surface area contributed by atoms with Crippen molar-refractivity contribution in [3.05, 3.63) is 75.6 Å². The highest BCUT2D eigenvalue weighted by Gasteiger charge is 2.34. The lowest BCUT2D eigenvalue weighted by Gasteiger charge is -2.24. The van der Waals surface area contributed by atoms with Crippen molar-refractivity contribution < 1.29 is 9.21 Å². The van der Waals surface area contributed by atoms with E-state index < -0.39 is 5.54 Å². The Morgan fingerprint density at radius 2 is 2.00 bits per heavy atom. The summed E-state index contributed by atoms with van der Waals surface area (Å²) in [7, 11) is 3.76. The Hall–Kier alpha value is -3.63. The molecule has 4 heterocycles. The third-order valence-electron chi connectivity index (χ3n) is 6.50. The molecule has 2 atom stereocenters. The highest BCUT2D eigenvalue weighted by Crippen LogP contribution is 2.35. The number of carbonyl (C=O) groups is 1. The Morgan fingerprint density at radius 1 is 1.22 bits per heavy atom. The summed E-state index contributed by atoms with van der Waals surface area (Å²) in [5.41, 5.74) is 8.73. The molecule has 1 saturated heterocycles. The smallest absolute Gasteiger partial charge is 0.266 e. The van der Waals surface area contributed by atoms with Gasteiger partial charge in [0.25, 0.3) is 11.8 Å². The van der Waals surface area contributed by atoms with Gasteiger partial charge in [-0.3, -0.25) is 4.79 Å². The van der Waals surface area contributed by atoms with E-state index in [2.05, 4.69) is 20.2 Å². The first-order chi connectivity index (χ1) is 17.7. The normalized spacial score (nSPS) is 17.1. The molecule has 0 aliphatic carbocycles. The van der Waals surface area contributed by atoms with Gasteiger partial charge in [-0.2, -0.15) is 0 Å². The monoisotopic (exact) mass is 517 g/mol. The number of aromatic nitrogens is 4. The topological polar surface area (TPSA) is 114 Å². The molecule has 1 fully saturated rings. The molecule has 1 aromatic carbocycles. The predicted molar refractivity (Wildman–Crippen MR) is 143 cm³/mol. The number of nitrogens with zero attached hydrogens (tertiary/aromatic N) is 6. The van der Waals surface area contributed by atoms with Crippen LogP contribution in [-0.2, 0) is 12.0 Å². The van der Waals surface area contributed by atoms with Crippen molar-refractivity contribution in [1.82, 2.24) is 25.1 Å². The zero-order chi connectivity index (χ0) is 26.2. The second kappa shape index (κ2) is 10.0. The highest BCUT2D eigenvalue weighted by molar-refractivity contribution is 7.09. The van der Waals surface area contributed by atoms with Crippen molar-refractivity contribution in [3.8, 4) is 11.6 Å². The van der Waals surface area contributed by atoms with Crippen LogP contribution in [0.25, 0.3) is 11.6 Å². The van der Waals surface area contributed by atoms with Gasteiger partial charge in [0.05, 0.1) is 11.6 Å². The minimum Gasteiger partial charge on any atom is -0.417 e. The number of hydrogen-bond donors (Lipinski definition) is 1. The number of aryl methyl sites for hydroxylation is 1. The number of benzene rings is 1. The second-order valence-corrected chi connectivity index (χ2v) is 10.9. The zero-order valence-corrected chi connectivity index (χ0v) is 22.3. The maximum Gasteiger partial charge on any atom is 0.266 e. The summed E-state index contributed by atoms with van der Waals surface area (Å²) in [5.74, 6) is 1.11. The second-order valence-electron chi connectivity index (χ2n) is 9.97. The van der Waals surface area contributed by atoms with E-state index in [1.165, 1.54) is 0 Å². The van der Waals surface area contributed by atoms with Gasteiger partial charge in [-0.05, 0) is 50.8 Å². The molecule has 1 amide bonds. The van der Waals surface area contributed by atoms with Gasteiger partial charge in [-0.25, -0.2) is 9.97 Å². The molecule has 1 aliphatic heterocycles. The van der Waals surface area contributed by atoms with Gasteiger partial charge in [-0.1, -0.05) is 30.3 Å². The summed E-state index contributed by atoms with van der Waals surface area (Å²) in [5, 5.41) is 11.5. The number of nitrogens with two attached hydrogens (primary N) is 1. The van der Waals surface area contributed by atoms with Crippen molar-refractivity contribution in [2.75, 3.05) is 25.5 Å². The fraction of sp³-hybridized carbons (Fsp3) is 0.370. The molecule has 4 aromatic rings. The summed E-state index contributed by atoms with van der Waals surface area (Å²) in [4.78, 5) is 26.8. The summed E-state index contributed by atoms with van der Waals surface area (Å²) in [6.07, 6.45) is 2.38. The number of thiazole rings is 1. The summed E-state index contributed by atoms with van der Waals surface area (Å²) in [6, 6.07) is 13.4. The van der Waals surface area contributed by atoms with Crippen molar-refractivity contribution in [2.45, 2.75) is 44.7 Å². The zero-order valence-electron chi connectivity index (χ0n) is 21.5. The molecule has 9 nitrogen and oxygen atoms in total. The Bertz CT molecular complexity index is 1400. The Kier molecular flexibility index (Phi) is 6.78. The van der Waals surface area contributed by atoms with Gasteiger partial charge in [-0.15, -0.1) is 21.5 Å². The van der Waals surface area contributed by atoms with E-state index in [1.807, 2.05) is 73.5 Å². The summed E-state index contributed by atoms with van der Waals surface area (Å²) in [6.45, 7) is 4.53. The molecule has 0 radical (unpaired) electrons. The Morgan fingerprint density at radius 3 is 2.70 bits per heavy atom. The van der Waals surface area contributed by atoms with Crippen LogP contribution in [0.1, 0.15) is 58.3 Å². The van der Waals surface area contributed by atoms with E-state index in [-0.39, 0.29) is 17.8 Å². The number of likely N-dealkylation sites (tertiary alicyclic amines) is 1. The number of amides is 1. The summed E-state index contributed by atoms with van der Waals surface area (Å²) >= 11 is 1.61. The van der Waals surface area contributed by atoms with Crippen molar-refractivity contribution in [2.24, 2.45) is 5.73 Å². The van der Waals surface area contributed by atoms with Gasteiger partial charge < -0.3 is 20.0 Å². The highest BCUT2D eigenvalue weighted by atomic mass is 32.1. The minimum atomic E-state index is -0.862. The molecule has 5 rings (SSSR count). The van der Waals surface area contributed by atoms with Crippen LogP contribution >= 0.6 is 11.3 Å². The van der Waals surface area contributed by atoms with Gasteiger partial charge in [0.2, 0.25) is 5.89 Å². The third kappa shape index (κ3) is 5.26. The fourth-order valence-corrected chi connectivity index (χ4v) is 5.53. The predicted octanol–water partition coefficient (Wildman–Crippen LogP) is 4.36. The van der Waals surface area contributed by atoms with Crippen molar-refractivity contribution in [1.29, 1.82) is 0 Å². The first kappa shape index (κ1) is 25.0. The molecule has 2 unspecified atom stereocenters. The lowest BCUT2D eigenvalue weighted by atomic mass is 9.94. The van der Waals surface area contributed by atoms with Crippen LogP contribution in [0.2, 0.25) is 0 Å². The third-order valence-corrected chi connectivity index (χ3v) is 7.56. The largest absolute Gasteiger partial charge is 0.417 e. The standard InChI is InChI=1S/C27H31N7O2S/c1-17-16-37-24(29-17)21-11-8-12-34(21)25(35)19-13-20(30-22(14-19)33(3)4)23-31-32-26(36-23)27(2,28)15-18-9-6-5-7-10-18/h5-7,9-10,13-14,16,21H,8,11-12,15,28H2,1-4H3. The van der Waals surface area contributed by atoms with Gasteiger partial charge in [0.15, 0.2) is 0 Å². The van der Waals surface area contributed by atoms with E-state index in [0.717, 1.165) is 29.1 Å². The lowest BCUT2D eigenvalue weighted by molar-refractivity contribution is 0.0735. The lowest BCUT2D eigenvalue weighted by Crippen LogP contribution is -2.35. The molecule has 10 heteroatoms. The molecular formula is C27H31N7O2S. The number of hydrogen-bond acceptors (Lipinski definition) is 9. The van der Waals surface area contributed by atoms with Crippen LogP contribution < -0.4 is 10.6 Å². The van der Waals surface area contributed by atoms with Crippen LogP contribution in [0.3, 0.4) is 0 Å². The van der Waals surface area contributed by atoms with E-state index >= 15 is 0 Å². The molecule has 192 valence electrons. The minimum absolute atomic E-state index is 0.0171. The molecule has 37 heavy (non-hydrogen) atoms. The molecule has 0 saturated carbocycles. The van der Waals surface area contributed by atoms with E-state index in [9.17, 15) is 4.79 Å². The Balaban J connectivity index is 1.45. The molecule has 3 aromatic heterocycles. The average molecular weight is 518 g/mol. The Labute approximate surface area is 220 Å². The molecule has 0 spiro atoms. The van der Waals surface area contributed by atoms with E-state index in [1.54, 1.807) is 23.5 Å². The fourth-order valence-electron chi connectivity index (χ4n) is 4.59. The first-order valence-corrected chi connectivity index (χ1v) is 13.2. The van der Waals surface area contributed by atoms with Crippen LogP contribution in [-0.4, -0.2) is 51.6 Å². The van der Waals surface area contributed by atoms with Gasteiger partial charge in [0.1, 0.15) is 16.5 Å². The van der Waals surface area contributed by atoms with Gasteiger partial charge in [0, 0.05) is 37.3 Å². The van der Waals surface area contributed by atoms with Crippen LogP contribution in [0, 0.1) is 6.92 Å². The maximum atomic E-state index is 13.7. The number of pyridine rings is 1. The maximum absolute atomic E-state index is 13.7. The SMILES string of the molecule is Cc1csc(C2CCCN2C(=O)c2cc(-c3nnc(C(C)(N)Cc4ccccc4)o3)nc(N(C)C)c2)n1. The van der Waals surface area contributed by atoms with Crippen LogP contribution in [0.4, 0.5) is 5.82 Å². The number of anilines is 1. The van der Waals surface area contributed by atoms with E-state index in [4.69, 9.17) is 10.2 Å². The van der Waals surface area contributed by atoms with Crippen LogP contribution in [0.5, 0.6) is 0 Å². The molecule has 2 N–H and O–H groups in total. The first-order valence-electron chi connectivity index (χ1n) is 12.3. The van der Waals surface area contributed by atoms with E-state index in [0.29, 0.717) is 35.9 Å². The summed E-state index contributed by atoms with van der Waals surface area (Å²) < 4.78 is 6.03. The molecular weight excluding hydrogens is 486 g/mol. The quantitative estimate of drug-likeness (QED) is 0.385. The number of rotatable bonds is 7. The molecule has 0 bridgehead atoms. The van der Waals surface area contributed by atoms with Gasteiger partial charge >= 0.3 is 0 Å². The molecule has 1 aliphatic rings.